The molecule has 164 valence electrons. The van der Waals surface area contributed by atoms with Gasteiger partial charge in [-0.1, -0.05) is 36.7 Å². The first-order valence-corrected chi connectivity index (χ1v) is 11.2. The molecule has 6 nitrogen and oxygen atoms in total. The lowest BCUT2D eigenvalue weighted by atomic mass is 9.95. The Kier molecular flexibility index (Phi) is 6.37. The lowest BCUT2D eigenvalue weighted by Crippen LogP contribution is -2.52. The van der Waals surface area contributed by atoms with E-state index >= 15 is 0 Å². The zero-order valence-electron chi connectivity index (χ0n) is 17.9. The smallest absolute Gasteiger partial charge is 0.324 e. The molecule has 1 atom stereocenters. The van der Waals surface area contributed by atoms with Gasteiger partial charge in [0.25, 0.3) is 0 Å². The highest BCUT2D eigenvalue weighted by molar-refractivity contribution is 6.31. The summed E-state index contributed by atoms with van der Waals surface area (Å²) < 4.78 is 6.00. The second-order valence-corrected chi connectivity index (χ2v) is 8.66. The number of hydrogen-bond donors (Lipinski definition) is 1. The van der Waals surface area contributed by atoms with Crippen LogP contribution in [0.3, 0.4) is 0 Å². The van der Waals surface area contributed by atoms with Crippen LogP contribution in [0.5, 0.6) is 5.75 Å². The van der Waals surface area contributed by atoms with Crippen LogP contribution in [-0.4, -0.2) is 42.6 Å². The second-order valence-electron chi connectivity index (χ2n) is 8.22. The van der Waals surface area contributed by atoms with Crippen LogP contribution in [0, 0.1) is 12.8 Å². The van der Waals surface area contributed by atoms with Crippen molar-refractivity contribution in [3.05, 3.63) is 53.1 Å². The number of carbonyl (C=O) groups excluding carboxylic acids is 2. The normalized spacial score (nSPS) is 18.9. The predicted molar refractivity (Wildman–Crippen MR) is 123 cm³/mol. The molecule has 2 aromatic rings. The van der Waals surface area contributed by atoms with Gasteiger partial charge in [-0.05, 0) is 56.0 Å². The Bertz CT molecular complexity index is 972. The fourth-order valence-corrected chi connectivity index (χ4v) is 4.33. The third-order valence-corrected chi connectivity index (χ3v) is 6.35. The summed E-state index contributed by atoms with van der Waals surface area (Å²) >= 11 is 6.06. The largest absolute Gasteiger partial charge is 0.486 e. The molecule has 0 bridgehead atoms. The molecule has 0 spiro atoms. The van der Waals surface area contributed by atoms with Crippen molar-refractivity contribution >= 4 is 34.9 Å². The zero-order valence-corrected chi connectivity index (χ0v) is 18.7. The molecule has 0 saturated carbocycles. The molecule has 0 aliphatic carbocycles. The highest BCUT2D eigenvalue weighted by atomic mass is 35.5. The van der Waals surface area contributed by atoms with Gasteiger partial charge in [-0.3, -0.25) is 9.69 Å². The first-order valence-electron chi connectivity index (χ1n) is 10.9. The summed E-state index contributed by atoms with van der Waals surface area (Å²) in [5, 5.41) is 3.60. The Labute approximate surface area is 188 Å². The molecular weight excluding hydrogens is 414 g/mol. The molecular formula is C24H28ClN3O3. The Morgan fingerprint density at radius 3 is 2.65 bits per heavy atom. The van der Waals surface area contributed by atoms with E-state index in [0.29, 0.717) is 37.5 Å². The molecule has 7 heteroatoms. The number of fused-ring (bicyclic) bond motifs is 1. The van der Waals surface area contributed by atoms with E-state index < -0.39 is 0 Å². The van der Waals surface area contributed by atoms with Crippen molar-refractivity contribution in [2.45, 2.75) is 39.2 Å². The first kappa shape index (κ1) is 21.5. The summed E-state index contributed by atoms with van der Waals surface area (Å²) in [4.78, 5) is 29.8. The molecule has 1 N–H and O–H groups in total. The van der Waals surface area contributed by atoms with E-state index in [2.05, 4.69) is 12.2 Å². The number of anilines is 2. The van der Waals surface area contributed by atoms with Gasteiger partial charge in [0.2, 0.25) is 5.91 Å². The molecule has 31 heavy (non-hydrogen) atoms. The Morgan fingerprint density at radius 2 is 1.90 bits per heavy atom. The molecule has 0 aromatic heterocycles. The van der Waals surface area contributed by atoms with E-state index in [4.69, 9.17) is 16.3 Å². The maximum Gasteiger partial charge on any atom is 0.324 e. The van der Waals surface area contributed by atoms with Crippen LogP contribution in [-0.2, 0) is 4.79 Å². The van der Waals surface area contributed by atoms with Crippen LogP contribution in [0.1, 0.15) is 31.7 Å². The van der Waals surface area contributed by atoms with E-state index in [1.807, 2.05) is 53.1 Å². The van der Waals surface area contributed by atoms with Crippen molar-refractivity contribution in [2.24, 2.45) is 5.92 Å². The molecule has 1 fully saturated rings. The van der Waals surface area contributed by atoms with Gasteiger partial charge in [-0.25, -0.2) is 4.79 Å². The van der Waals surface area contributed by atoms with Crippen molar-refractivity contribution in [3.63, 3.8) is 0 Å². The van der Waals surface area contributed by atoms with Gasteiger partial charge in [-0.2, -0.15) is 0 Å². The number of amides is 3. The predicted octanol–water partition coefficient (Wildman–Crippen LogP) is 5.10. The number of aryl methyl sites for hydroxylation is 1. The van der Waals surface area contributed by atoms with Crippen molar-refractivity contribution in [1.82, 2.24) is 4.90 Å². The summed E-state index contributed by atoms with van der Waals surface area (Å²) in [6.45, 7) is 5.66. The monoisotopic (exact) mass is 441 g/mol. The second kappa shape index (κ2) is 9.18. The highest BCUT2D eigenvalue weighted by Gasteiger charge is 2.34. The average Bonchev–Trinajstić information content (AvgIpc) is 2.80. The third-order valence-electron chi connectivity index (χ3n) is 6.12. The molecule has 4 rings (SSSR count). The molecule has 2 aromatic carbocycles. The lowest BCUT2D eigenvalue weighted by molar-refractivity contribution is -0.121. The van der Waals surface area contributed by atoms with E-state index in [1.54, 1.807) is 6.07 Å². The minimum atomic E-state index is -0.122. The topological polar surface area (TPSA) is 61.9 Å². The third kappa shape index (κ3) is 4.64. The SMILES string of the molecule is CC[C@H]1CN(C(=O)N2CCC(C(=O)Nc3cc(Cl)ccc3C)CC2)c2ccccc2O1. The first-order chi connectivity index (χ1) is 15.0. The van der Waals surface area contributed by atoms with Crippen LogP contribution < -0.4 is 15.0 Å². The minimum absolute atomic E-state index is 0.0110. The van der Waals surface area contributed by atoms with Crippen molar-refractivity contribution in [2.75, 3.05) is 29.9 Å². The maximum atomic E-state index is 13.3. The quantitative estimate of drug-likeness (QED) is 0.721. The molecule has 2 aliphatic heterocycles. The molecule has 1 saturated heterocycles. The number of piperidine rings is 1. The van der Waals surface area contributed by atoms with Gasteiger partial charge in [0.1, 0.15) is 11.9 Å². The van der Waals surface area contributed by atoms with Crippen LogP contribution in [0.15, 0.2) is 42.5 Å². The van der Waals surface area contributed by atoms with E-state index in [0.717, 1.165) is 29.1 Å². The number of carbonyl (C=O) groups is 2. The van der Waals surface area contributed by atoms with Gasteiger partial charge < -0.3 is 15.0 Å². The van der Waals surface area contributed by atoms with E-state index in [1.165, 1.54) is 0 Å². The molecule has 2 aliphatic rings. The number of likely N-dealkylation sites (tertiary alicyclic amines) is 1. The molecule has 0 unspecified atom stereocenters. The van der Waals surface area contributed by atoms with Crippen molar-refractivity contribution < 1.29 is 14.3 Å². The standard InChI is InChI=1S/C24H28ClN3O3/c1-3-19-15-28(21-6-4-5-7-22(21)31-19)24(30)27-12-10-17(11-13-27)23(29)26-20-14-18(25)9-8-16(20)2/h4-9,14,17,19H,3,10-13,15H2,1-2H3,(H,26,29)/t19-/m0/s1. The summed E-state index contributed by atoms with van der Waals surface area (Å²) in [5.41, 5.74) is 2.53. The number of nitrogens with zero attached hydrogens (tertiary/aromatic N) is 2. The minimum Gasteiger partial charge on any atom is -0.486 e. The van der Waals surface area contributed by atoms with Gasteiger partial charge in [-0.15, -0.1) is 0 Å². The van der Waals surface area contributed by atoms with E-state index in [9.17, 15) is 9.59 Å². The number of para-hydroxylation sites is 2. The molecule has 3 amide bonds. The summed E-state index contributed by atoms with van der Waals surface area (Å²) in [7, 11) is 0. The Hall–Kier alpha value is -2.73. The summed E-state index contributed by atoms with van der Waals surface area (Å²) in [5.74, 6) is 0.614. The molecule has 2 heterocycles. The van der Waals surface area contributed by atoms with Gasteiger partial charge in [0.15, 0.2) is 0 Å². The van der Waals surface area contributed by atoms with Crippen LogP contribution >= 0.6 is 11.6 Å². The number of urea groups is 1. The van der Waals surface area contributed by atoms with Crippen LogP contribution in [0.2, 0.25) is 5.02 Å². The average molecular weight is 442 g/mol. The summed E-state index contributed by atoms with van der Waals surface area (Å²) in [6.07, 6.45) is 2.10. The maximum absolute atomic E-state index is 13.3. The zero-order chi connectivity index (χ0) is 22.0. The van der Waals surface area contributed by atoms with Crippen molar-refractivity contribution in [1.29, 1.82) is 0 Å². The fourth-order valence-electron chi connectivity index (χ4n) is 4.16. The number of rotatable bonds is 3. The number of ether oxygens (including phenoxy) is 1. The summed E-state index contributed by atoms with van der Waals surface area (Å²) in [6, 6.07) is 13.1. The number of nitrogens with one attached hydrogen (secondary N) is 1. The van der Waals surface area contributed by atoms with Crippen LogP contribution in [0.4, 0.5) is 16.2 Å². The Morgan fingerprint density at radius 1 is 1.16 bits per heavy atom. The van der Waals surface area contributed by atoms with Gasteiger partial charge >= 0.3 is 6.03 Å². The number of halogens is 1. The fraction of sp³-hybridized carbons (Fsp3) is 0.417. The highest BCUT2D eigenvalue weighted by Crippen LogP contribution is 2.35. The number of hydrogen-bond acceptors (Lipinski definition) is 3. The van der Waals surface area contributed by atoms with Gasteiger partial charge in [0, 0.05) is 29.7 Å². The van der Waals surface area contributed by atoms with E-state index in [-0.39, 0.29) is 24.0 Å². The lowest BCUT2D eigenvalue weighted by Gasteiger charge is -2.39. The Balaban J connectivity index is 1.39. The van der Waals surface area contributed by atoms with Gasteiger partial charge in [0.05, 0.1) is 12.2 Å². The number of benzene rings is 2. The van der Waals surface area contributed by atoms with Crippen LogP contribution in [0.25, 0.3) is 0 Å². The molecule has 0 radical (unpaired) electrons. The van der Waals surface area contributed by atoms with Crippen molar-refractivity contribution in [3.8, 4) is 5.75 Å².